The van der Waals surface area contributed by atoms with Gasteiger partial charge in [0.25, 0.3) is 0 Å². The first-order valence-electron chi connectivity index (χ1n) is 6.65. The summed E-state index contributed by atoms with van der Waals surface area (Å²) in [5.74, 6) is 0.932. The third-order valence-corrected chi connectivity index (χ3v) is 4.33. The van der Waals surface area contributed by atoms with Crippen molar-refractivity contribution in [2.45, 2.75) is 0 Å². The first-order chi connectivity index (χ1) is 10.1. The molecule has 0 spiro atoms. The Balaban J connectivity index is 1.72. The SMILES string of the molecule is Nc1cnccc1N1CCN(c2ncc(Cl)cc2Br)CC1. The van der Waals surface area contributed by atoms with Crippen LogP contribution in [0.3, 0.4) is 0 Å². The Morgan fingerprint density at radius 2 is 1.86 bits per heavy atom. The molecule has 7 heteroatoms. The highest BCUT2D eigenvalue weighted by Gasteiger charge is 2.21. The number of anilines is 3. The second-order valence-electron chi connectivity index (χ2n) is 4.87. The summed E-state index contributed by atoms with van der Waals surface area (Å²) >= 11 is 9.46. The van der Waals surface area contributed by atoms with Gasteiger partial charge in [-0.1, -0.05) is 11.6 Å². The molecule has 1 fully saturated rings. The van der Waals surface area contributed by atoms with Crippen molar-refractivity contribution in [2.75, 3.05) is 41.7 Å². The van der Waals surface area contributed by atoms with Gasteiger partial charge >= 0.3 is 0 Å². The van der Waals surface area contributed by atoms with Gasteiger partial charge in [-0.3, -0.25) is 4.98 Å². The van der Waals surface area contributed by atoms with Gasteiger partial charge in [-0.15, -0.1) is 0 Å². The predicted molar refractivity (Wildman–Crippen MR) is 90.0 cm³/mol. The van der Waals surface area contributed by atoms with E-state index in [0.29, 0.717) is 5.02 Å². The Bertz CT molecular complexity index is 643. The van der Waals surface area contributed by atoms with Gasteiger partial charge in [-0.05, 0) is 28.1 Å². The normalized spacial score (nSPS) is 15.3. The zero-order valence-corrected chi connectivity index (χ0v) is 13.7. The van der Waals surface area contributed by atoms with Gasteiger partial charge in [0.2, 0.25) is 0 Å². The van der Waals surface area contributed by atoms with Crippen LogP contribution in [-0.2, 0) is 0 Å². The maximum Gasteiger partial charge on any atom is 0.143 e. The quantitative estimate of drug-likeness (QED) is 0.883. The number of pyridine rings is 2. The minimum atomic E-state index is 0.633. The summed E-state index contributed by atoms with van der Waals surface area (Å²) in [5, 5.41) is 0.633. The van der Waals surface area contributed by atoms with Crippen LogP contribution in [0, 0.1) is 0 Å². The first-order valence-corrected chi connectivity index (χ1v) is 7.82. The molecular weight excluding hydrogens is 354 g/mol. The topological polar surface area (TPSA) is 58.3 Å². The fraction of sp³-hybridized carbons (Fsp3) is 0.286. The molecule has 0 amide bonds. The molecule has 0 unspecified atom stereocenters. The lowest BCUT2D eigenvalue weighted by Crippen LogP contribution is -2.47. The molecule has 0 aromatic carbocycles. The van der Waals surface area contributed by atoms with Gasteiger partial charge in [0.15, 0.2) is 0 Å². The molecule has 3 heterocycles. The largest absolute Gasteiger partial charge is 0.396 e. The van der Waals surface area contributed by atoms with Gasteiger partial charge in [-0.2, -0.15) is 0 Å². The first kappa shape index (κ1) is 14.4. The summed E-state index contributed by atoms with van der Waals surface area (Å²) in [4.78, 5) is 13.0. The number of hydrogen-bond donors (Lipinski definition) is 1. The summed E-state index contributed by atoms with van der Waals surface area (Å²) in [5.41, 5.74) is 7.75. The van der Waals surface area contributed by atoms with Crippen molar-refractivity contribution >= 4 is 44.7 Å². The van der Waals surface area contributed by atoms with Crippen LogP contribution in [0.2, 0.25) is 5.02 Å². The van der Waals surface area contributed by atoms with E-state index < -0.39 is 0 Å². The van der Waals surface area contributed by atoms with E-state index in [1.165, 1.54) is 0 Å². The van der Waals surface area contributed by atoms with Crippen LogP contribution in [-0.4, -0.2) is 36.1 Å². The standard InChI is InChI=1S/C14H15BrClN5/c15-11-7-10(16)8-19-14(11)21-5-3-20(4-6-21)13-1-2-18-9-12(13)17/h1-2,7-9H,3-6,17H2. The van der Waals surface area contributed by atoms with E-state index in [9.17, 15) is 0 Å². The molecule has 2 aromatic heterocycles. The second-order valence-corrected chi connectivity index (χ2v) is 6.16. The van der Waals surface area contributed by atoms with E-state index in [1.54, 1.807) is 18.6 Å². The maximum atomic E-state index is 5.99. The summed E-state index contributed by atoms with van der Waals surface area (Å²) in [6.45, 7) is 3.56. The van der Waals surface area contributed by atoms with Gasteiger partial charge < -0.3 is 15.5 Å². The average Bonchev–Trinajstić information content (AvgIpc) is 2.48. The van der Waals surface area contributed by atoms with Crippen LogP contribution >= 0.6 is 27.5 Å². The Morgan fingerprint density at radius 1 is 1.14 bits per heavy atom. The Hall–Kier alpha value is -1.53. The Morgan fingerprint density at radius 3 is 2.52 bits per heavy atom. The molecule has 3 rings (SSSR count). The van der Waals surface area contributed by atoms with Crippen molar-refractivity contribution < 1.29 is 0 Å². The number of halogens is 2. The molecule has 0 radical (unpaired) electrons. The molecule has 1 saturated heterocycles. The summed E-state index contributed by atoms with van der Waals surface area (Å²) in [6.07, 6.45) is 5.14. The van der Waals surface area contributed by atoms with E-state index in [1.807, 2.05) is 12.1 Å². The van der Waals surface area contributed by atoms with E-state index in [0.717, 1.165) is 47.8 Å². The molecule has 0 bridgehead atoms. The number of nitrogens with zero attached hydrogens (tertiary/aromatic N) is 4. The lowest BCUT2D eigenvalue weighted by molar-refractivity contribution is 0.647. The van der Waals surface area contributed by atoms with Crippen LogP contribution in [0.5, 0.6) is 0 Å². The highest BCUT2D eigenvalue weighted by molar-refractivity contribution is 9.10. The van der Waals surface area contributed by atoms with Gasteiger partial charge in [-0.25, -0.2) is 4.98 Å². The lowest BCUT2D eigenvalue weighted by atomic mass is 10.2. The van der Waals surface area contributed by atoms with Gasteiger partial charge in [0.1, 0.15) is 5.82 Å². The van der Waals surface area contributed by atoms with E-state index in [4.69, 9.17) is 17.3 Å². The number of nitrogen functional groups attached to an aromatic ring is 1. The zero-order chi connectivity index (χ0) is 14.8. The number of nitrogens with two attached hydrogens (primary N) is 1. The monoisotopic (exact) mass is 367 g/mol. The van der Waals surface area contributed by atoms with Crippen molar-refractivity contribution in [1.29, 1.82) is 0 Å². The minimum Gasteiger partial charge on any atom is -0.396 e. The maximum absolute atomic E-state index is 5.99. The molecule has 0 saturated carbocycles. The Kier molecular flexibility index (Phi) is 4.17. The van der Waals surface area contributed by atoms with Crippen molar-refractivity contribution in [3.63, 3.8) is 0 Å². The zero-order valence-electron chi connectivity index (χ0n) is 11.3. The molecule has 110 valence electrons. The van der Waals surface area contributed by atoms with E-state index in [-0.39, 0.29) is 0 Å². The summed E-state index contributed by atoms with van der Waals surface area (Å²) in [7, 11) is 0. The van der Waals surface area contributed by atoms with E-state index in [2.05, 4.69) is 35.7 Å². The number of aromatic nitrogens is 2. The molecular formula is C14H15BrClN5. The molecule has 1 aliphatic heterocycles. The Labute approximate surface area is 136 Å². The van der Waals surface area contributed by atoms with Gasteiger partial charge in [0, 0.05) is 38.6 Å². The lowest BCUT2D eigenvalue weighted by Gasteiger charge is -2.37. The number of hydrogen-bond acceptors (Lipinski definition) is 5. The van der Waals surface area contributed by atoms with Crippen molar-refractivity contribution in [1.82, 2.24) is 9.97 Å². The van der Waals surface area contributed by atoms with Crippen molar-refractivity contribution in [3.8, 4) is 0 Å². The number of rotatable bonds is 2. The fourth-order valence-electron chi connectivity index (χ4n) is 2.49. The molecule has 2 aromatic rings. The van der Waals surface area contributed by atoms with Crippen LogP contribution in [0.15, 0.2) is 35.2 Å². The third-order valence-electron chi connectivity index (χ3n) is 3.54. The highest BCUT2D eigenvalue weighted by Crippen LogP contribution is 2.29. The van der Waals surface area contributed by atoms with Crippen LogP contribution in [0.25, 0.3) is 0 Å². The molecule has 21 heavy (non-hydrogen) atoms. The predicted octanol–water partition coefficient (Wildman–Crippen LogP) is 2.80. The fourth-order valence-corrected chi connectivity index (χ4v) is 3.38. The van der Waals surface area contributed by atoms with Crippen LogP contribution < -0.4 is 15.5 Å². The van der Waals surface area contributed by atoms with Crippen molar-refractivity contribution in [2.24, 2.45) is 0 Å². The molecule has 5 nitrogen and oxygen atoms in total. The molecule has 1 aliphatic rings. The number of piperazine rings is 1. The summed E-state index contributed by atoms with van der Waals surface area (Å²) < 4.78 is 0.923. The average molecular weight is 369 g/mol. The van der Waals surface area contributed by atoms with Crippen LogP contribution in [0.4, 0.5) is 17.2 Å². The molecule has 2 N–H and O–H groups in total. The molecule has 0 aliphatic carbocycles. The smallest absolute Gasteiger partial charge is 0.143 e. The van der Waals surface area contributed by atoms with Crippen molar-refractivity contribution in [3.05, 3.63) is 40.2 Å². The summed E-state index contributed by atoms with van der Waals surface area (Å²) in [6, 6.07) is 3.83. The second kappa shape index (κ2) is 6.07. The minimum absolute atomic E-state index is 0.633. The molecule has 0 atom stereocenters. The van der Waals surface area contributed by atoms with E-state index >= 15 is 0 Å². The van der Waals surface area contributed by atoms with Gasteiger partial charge in [0.05, 0.1) is 27.1 Å². The third kappa shape index (κ3) is 3.06. The van der Waals surface area contributed by atoms with Crippen LogP contribution in [0.1, 0.15) is 0 Å². The highest BCUT2D eigenvalue weighted by atomic mass is 79.9.